The van der Waals surface area contributed by atoms with Gasteiger partial charge >= 0.3 is 6.09 Å². The lowest BCUT2D eigenvalue weighted by Gasteiger charge is -2.26. The number of aliphatic hydroxyl groups is 1. The number of carbonyl (C=O) groups excluding carboxylic acids is 2. The van der Waals surface area contributed by atoms with Gasteiger partial charge in [-0.3, -0.25) is 4.79 Å². The van der Waals surface area contributed by atoms with Gasteiger partial charge in [-0.2, -0.15) is 0 Å². The molecule has 0 saturated carbocycles. The van der Waals surface area contributed by atoms with Crippen LogP contribution in [0, 0.1) is 0 Å². The summed E-state index contributed by atoms with van der Waals surface area (Å²) in [7, 11) is 1.53. The number of nitrogens with zero attached hydrogens (tertiary/aromatic N) is 1. The van der Waals surface area contributed by atoms with E-state index >= 15 is 0 Å². The fourth-order valence-corrected chi connectivity index (χ4v) is 1.86. The van der Waals surface area contributed by atoms with E-state index in [1.165, 1.54) is 24.1 Å². The van der Waals surface area contributed by atoms with E-state index in [0.717, 1.165) is 0 Å². The number of amides is 2. The molecule has 0 fully saturated rings. The Morgan fingerprint density at radius 3 is 2.30 bits per heavy atom. The summed E-state index contributed by atoms with van der Waals surface area (Å²) in [5.74, 6) is -0.337. The Morgan fingerprint density at radius 1 is 1.26 bits per heavy atom. The van der Waals surface area contributed by atoms with Crippen molar-refractivity contribution in [2.75, 3.05) is 20.2 Å². The van der Waals surface area contributed by atoms with Gasteiger partial charge in [0.2, 0.25) is 5.91 Å². The van der Waals surface area contributed by atoms with E-state index in [9.17, 15) is 14.7 Å². The van der Waals surface area contributed by atoms with Crippen molar-refractivity contribution in [2.24, 2.45) is 0 Å². The molecule has 0 radical (unpaired) electrons. The summed E-state index contributed by atoms with van der Waals surface area (Å²) >= 11 is 0. The number of hydrogen-bond donors (Lipinski definition) is 3. The standard InChI is InChI=1S/C16H24N2O5/c1-16(2,3)23-15(22)17-13(14(21)18(4)9-10-19)11-5-7-12(20)8-6-11/h5-8,13,19-20H,9-10H2,1-4H3,(H,17,22)/t13-/m1/s1. The van der Waals surface area contributed by atoms with Crippen LogP contribution in [0.1, 0.15) is 32.4 Å². The number of aromatic hydroxyl groups is 1. The molecule has 0 unspecified atom stereocenters. The van der Waals surface area contributed by atoms with Crippen LogP contribution in [0.25, 0.3) is 0 Å². The zero-order valence-corrected chi connectivity index (χ0v) is 13.9. The molecule has 0 aliphatic carbocycles. The van der Waals surface area contributed by atoms with E-state index in [4.69, 9.17) is 9.84 Å². The lowest BCUT2D eigenvalue weighted by atomic mass is 10.1. The van der Waals surface area contributed by atoms with Crippen LogP contribution in [0.3, 0.4) is 0 Å². The number of phenolic OH excluding ortho intramolecular Hbond substituents is 1. The Labute approximate surface area is 135 Å². The van der Waals surface area contributed by atoms with Crippen LogP contribution in [-0.2, 0) is 9.53 Å². The number of benzene rings is 1. The lowest BCUT2D eigenvalue weighted by Crippen LogP contribution is -2.43. The van der Waals surface area contributed by atoms with E-state index in [2.05, 4.69) is 5.32 Å². The molecule has 2 amide bonds. The maximum absolute atomic E-state index is 12.5. The van der Waals surface area contributed by atoms with Crippen molar-refractivity contribution in [2.45, 2.75) is 32.4 Å². The number of carbonyl (C=O) groups is 2. The van der Waals surface area contributed by atoms with Crippen LogP contribution in [0.5, 0.6) is 5.75 Å². The Hall–Kier alpha value is -2.28. The second-order valence-electron chi connectivity index (χ2n) is 6.15. The molecule has 0 aliphatic rings. The maximum Gasteiger partial charge on any atom is 0.408 e. The van der Waals surface area contributed by atoms with E-state index < -0.39 is 23.6 Å². The molecular formula is C16H24N2O5. The van der Waals surface area contributed by atoms with Crippen molar-refractivity contribution >= 4 is 12.0 Å². The molecule has 0 aromatic heterocycles. The number of likely N-dealkylation sites (N-methyl/N-ethyl adjacent to an activating group) is 1. The number of rotatable bonds is 5. The summed E-state index contributed by atoms with van der Waals surface area (Å²) in [6.07, 6.45) is -0.721. The quantitative estimate of drug-likeness (QED) is 0.760. The van der Waals surface area contributed by atoms with Gasteiger partial charge in [0, 0.05) is 13.6 Å². The van der Waals surface area contributed by atoms with Crippen LogP contribution >= 0.6 is 0 Å². The van der Waals surface area contributed by atoms with E-state index in [1.807, 2.05) is 0 Å². The van der Waals surface area contributed by atoms with Crippen molar-refractivity contribution in [3.8, 4) is 5.75 Å². The Morgan fingerprint density at radius 2 is 1.83 bits per heavy atom. The summed E-state index contributed by atoms with van der Waals surface area (Å²) in [6.45, 7) is 5.13. The molecule has 128 valence electrons. The molecule has 0 bridgehead atoms. The van der Waals surface area contributed by atoms with Gasteiger partial charge in [0.25, 0.3) is 0 Å². The van der Waals surface area contributed by atoms with Gasteiger partial charge in [0.15, 0.2) is 0 Å². The van der Waals surface area contributed by atoms with Crippen LogP contribution in [0.4, 0.5) is 4.79 Å². The zero-order chi connectivity index (χ0) is 17.6. The molecule has 7 heteroatoms. The van der Waals surface area contributed by atoms with Crippen LogP contribution in [0.15, 0.2) is 24.3 Å². The molecule has 1 atom stereocenters. The Bertz CT molecular complexity index is 536. The highest BCUT2D eigenvalue weighted by molar-refractivity contribution is 5.86. The predicted octanol–water partition coefficient (Wildman–Crippen LogP) is 1.41. The third-order valence-electron chi connectivity index (χ3n) is 2.95. The van der Waals surface area contributed by atoms with Crippen molar-refractivity contribution in [3.05, 3.63) is 29.8 Å². The van der Waals surface area contributed by atoms with Gasteiger partial charge in [0.1, 0.15) is 17.4 Å². The first-order chi connectivity index (χ1) is 10.6. The minimum absolute atomic E-state index is 0.0564. The fraction of sp³-hybridized carbons (Fsp3) is 0.500. The summed E-state index contributed by atoms with van der Waals surface area (Å²) in [5.41, 5.74) is -0.188. The number of alkyl carbamates (subject to hydrolysis) is 1. The van der Waals surface area contributed by atoms with Crippen molar-refractivity contribution < 1.29 is 24.5 Å². The van der Waals surface area contributed by atoms with Gasteiger partial charge in [0.05, 0.1) is 6.61 Å². The van der Waals surface area contributed by atoms with Crippen molar-refractivity contribution in [1.82, 2.24) is 10.2 Å². The second kappa shape index (κ2) is 7.82. The fourth-order valence-electron chi connectivity index (χ4n) is 1.86. The molecule has 0 spiro atoms. The average molecular weight is 324 g/mol. The zero-order valence-electron chi connectivity index (χ0n) is 13.9. The van der Waals surface area contributed by atoms with Crippen LogP contribution in [0.2, 0.25) is 0 Å². The first-order valence-electron chi connectivity index (χ1n) is 7.28. The van der Waals surface area contributed by atoms with Gasteiger partial charge in [-0.1, -0.05) is 12.1 Å². The molecule has 1 aromatic rings. The van der Waals surface area contributed by atoms with Gasteiger partial charge in [-0.15, -0.1) is 0 Å². The monoisotopic (exact) mass is 324 g/mol. The Kier molecular flexibility index (Phi) is 6.38. The summed E-state index contributed by atoms with van der Waals surface area (Å²) < 4.78 is 5.18. The number of nitrogens with one attached hydrogen (secondary N) is 1. The molecule has 3 N–H and O–H groups in total. The van der Waals surface area contributed by atoms with Gasteiger partial charge < -0.3 is 25.2 Å². The first-order valence-corrected chi connectivity index (χ1v) is 7.28. The molecule has 0 aliphatic heterocycles. The molecule has 7 nitrogen and oxygen atoms in total. The smallest absolute Gasteiger partial charge is 0.408 e. The normalized spacial score (nSPS) is 12.4. The van der Waals surface area contributed by atoms with E-state index in [-0.39, 0.29) is 18.9 Å². The molecule has 0 saturated heterocycles. The van der Waals surface area contributed by atoms with Crippen molar-refractivity contribution in [1.29, 1.82) is 0 Å². The molecule has 0 heterocycles. The largest absolute Gasteiger partial charge is 0.508 e. The second-order valence-corrected chi connectivity index (χ2v) is 6.15. The van der Waals surface area contributed by atoms with Crippen molar-refractivity contribution in [3.63, 3.8) is 0 Å². The van der Waals surface area contributed by atoms with Crippen LogP contribution < -0.4 is 5.32 Å². The van der Waals surface area contributed by atoms with E-state index in [0.29, 0.717) is 5.56 Å². The SMILES string of the molecule is CN(CCO)C(=O)[C@H](NC(=O)OC(C)(C)C)c1ccc(O)cc1. The molecular weight excluding hydrogens is 300 g/mol. The molecule has 23 heavy (non-hydrogen) atoms. The van der Waals surface area contributed by atoms with Gasteiger partial charge in [-0.25, -0.2) is 4.79 Å². The molecule has 1 rings (SSSR count). The van der Waals surface area contributed by atoms with Gasteiger partial charge in [-0.05, 0) is 38.5 Å². The highest BCUT2D eigenvalue weighted by atomic mass is 16.6. The van der Waals surface area contributed by atoms with Crippen LogP contribution in [-0.4, -0.2) is 52.9 Å². The minimum Gasteiger partial charge on any atom is -0.508 e. The van der Waals surface area contributed by atoms with E-state index in [1.54, 1.807) is 32.9 Å². The summed E-state index contributed by atoms with van der Waals surface area (Å²) in [6, 6.07) is 4.98. The topological polar surface area (TPSA) is 99.1 Å². The summed E-state index contributed by atoms with van der Waals surface area (Å²) in [4.78, 5) is 25.8. The average Bonchev–Trinajstić information content (AvgIpc) is 2.43. The number of phenols is 1. The predicted molar refractivity (Wildman–Crippen MR) is 84.9 cm³/mol. The Balaban J connectivity index is 2.99. The number of ether oxygens (including phenoxy) is 1. The number of aliphatic hydroxyl groups excluding tert-OH is 1. The third kappa shape index (κ3) is 6.15. The molecule has 1 aromatic carbocycles. The highest BCUT2D eigenvalue weighted by Gasteiger charge is 2.27. The number of hydrogen-bond acceptors (Lipinski definition) is 5. The first kappa shape index (κ1) is 18.8. The highest BCUT2D eigenvalue weighted by Crippen LogP contribution is 2.20. The third-order valence-corrected chi connectivity index (χ3v) is 2.95. The summed E-state index contributed by atoms with van der Waals surface area (Å²) in [5, 5.41) is 20.9. The lowest BCUT2D eigenvalue weighted by molar-refractivity contribution is -0.132. The maximum atomic E-state index is 12.5. The minimum atomic E-state index is -0.970.